The van der Waals surface area contributed by atoms with Gasteiger partial charge in [0.1, 0.15) is 5.82 Å². The van der Waals surface area contributed by atoms with Crippen LogP contribution >= 0.6 is 0 Å². The van der Waals surface area contributed by atoms with Gasteiger partial charge in [0.2, 0.25) is 0 Å². The molecule has 0 bridgehead atoms. The molecule has 0 saturated heterocycles. The summed E-state index contributed by atoms with van der Waals surface area (Å²) in [5.41, 5.74) is 8.00. The fourth-order valence-corrected chi connectivity index (χ4v) is 8.57. The summed E-state index contributed by atoms with van der Waals surface area (Å²) < 4.78 is 15.8. The van der Waals surface area contributed by atoms with E-state index >= 15 is 4.39 Å². The van der Waals surface area contributed by atoms with Crippen LogP contribution in [-0.4, -0.2) is 0 Å². The van der Waals surface area contributed by atoms with E-state index in [1.54, 1.807) is 6.07 Å². The Morgan fingerprint density at radius 3 is 1.04 bits per heavy atom. The van der Waals surface area contributed by atoms with Gasteiger partial charge in [-0.3, -0.25) is 0 Å². The summed E-state index contributed by atoms with van der Waals surface area (Å²) in [5.74, 6) is -0.223. The number of hydrogen-bond acceptors (Lipinski definition) is 0. The fraction of sp³-hybridized carbons (Fsp3) is 0. The molecule has 0 aliphatic carbocycles. The third kappa shape index (κ3) is 4.25. The fourth-order valence-electron chi connectivity index (χ4n) is 8.57. The molecule has 11 rings (SSSR count). The zero-order valence-electron chi connectivity index (χ0n) is 27.6. The average Bonchev–Trinajstić information content (AvgIpc) is 3.19. The Labute approximate surface area is 294 Å². The zero-order chi connectivity index (χ0) is 33.6. The van der Waals surface area contributed by atoms with Crippen LogP contribution in [0.5, 0.6) is 0 Å². The highest BCUT2D eigenvalue weighted by Gasteiger charge is 2.15. The molecule has 0 nitrogen and oxygen atoms in total. The summed E-state index contributed by atoms with van der Waals surface area (Å²) in [4.78, 5) is 0. The number of halogens is 1. The summed E-state index contributed by atoms with van der Waals surface area (Å²) in [6, 6.07) is 62.1. The molecule has 0 aliphatic rings. The molecule has 51 heavy (non-hydrogen) atoms. The van der Waals surface area contributed by atoms with E-state index in [-0.39, 0.29) is 5.82 Å². The summed E-state index contributed by atoms with van der Waals surface area (Å²) in [6.45, 7) is 0. The maximum Gasteiger partial charge on any atom is 0.131 e. The first-order chi connectivity index (χ1) is 25.2. The number of rotatable bonds is 4. The molecule has 0 unspecified atom stereocenters. The minimum atomic E-state index is -0.223. The number of hydrogen-bond donors (Lipinski definition) is 0. The van der Waals surface area contributed by atoms with Crippen LogP contribution in [0.2, 0.25) is 0 Å². The van der Waals surface area contributed by atoms with E-state index in [1.165, 1.54) is 75.8 Å². The lowest BCUT2D eigenvalue weighted by atomic mass is 9.89. The van der Waals surface area contributed by atoms with Gasteiger partial charge in [0, 0.05) is 5.56 Å². The van der Waals surface area contributed by atoms with Crippen molar-refractivity contribution >= 4 is 64.6 Å². The first kappa shape index (κ1) is 28.3. The molecule has 11 aromatic carbocycles. The van der Waals surface area contributed by atoms with E-state index in [4.69, 9.17) is 0 Å². The van der Waals surface area contributed by atoms with E-state index in [9.17, 15) is 0 Å². The molecule has 11 aromatic rings. The van der Waals surface area contributed by atoms with Gasteiger partial charge in [-0.2, -0.15) is 0 Å². The Morgan fingerprint density at radius 1 is 0.255 bits per heavy atom. The quantitative estimate of drug-likeness (QED) is 0.167. The van der Waals surface area contributed by atoms with Crippen molar-refractivity contribution in [3.63, 3.8) is 0 Å². The topological polar surface area (TPSA) is 0 Å². The van der Waals surface area contributed by atoms with E-state index < -0.39 is 0 Å². The van der Waals surface area contributed by atoms with E-state index in [2.05, 4.69) is 146 Å². The van der Waals surface area contributed by atoms with Gasteiger partial charge >= 0.3 is 0 Å². The lowest BCUT2D eigenvalue weighted by molar-refractivity contribution is 0.632. The SMILES string of the molecule is Fc1cc(-c2ccc(-c3ccc4ccc5cccc6ccc3c4c56)cc2)ccc1-c1ccc(-c2ccc3ccc4cccc5ccc2c3c45)cc1. The van der Waals surface area contributed by atoms with Gasteiger partial charge < -0.3 is 0 Å². The second-order valence-electron chi connectivity index (χ2n) is 13.8. The van der Waals surface area contributed by atoms with Gasteiger partial charge in [0.05, 0.1) is 0 Å². The molecule has 0 heterocycles. The largest absolute Gasteiger partial charge is 0.206 e. The van der Waals surface area contributed by atoms with Gasteiger partial charge in [-0.1, -0.05) is 170 Å². The van der Waals surface area contributed by atoms with Crippen molar-refractivity contribution in [3.05, 3.63) is 182 Å². The molecule has 0 atom stereocenters. The van der Waals surface area contributed by atoms with E-state index in [0.717, 1.165) is 27.8 Å². The molecule has 0 amide bonds. The van der Waals surface area contributed by atoms with Crippen molar-refractivity contribution in [3.8, 4) is 44.5 Å². The van der Waals surface area contributed by atoms with Gasteiger partial charge in [-0.15, -0.1) is 0 Å². The molecular formula is C50H29F. The summed E-state index contributed by atoms with van der Waals surface area (Å²) >= 11 is 0. The van der Waals surface area contributed by atoms with Crippen molar-refractivity contribution in [2.45, 2.75) is 0 Å². The zero-order valence-corrected chi connectivity index (χ0v) is 27.6. The van der Waals surface area contributed by atoms with Crippen molar-refractivity contribution < 1.29 is 4.39 Å². The van der Waals surface area contributed by atoms with Crippen LogP contribution in [0.4, 0.5) is 4.39 Å². The molecule has 0 fully saturated rings. The smallest absolute Gasteiger partial charge is 0.131 e. The van der Waals surface area contributed by atoms with E-state index in [1.807, 2.05) is 24.3 Å². The molecule has 0 aliphatic heterocycles. The van der Waals surface area contributed by atoms with Crippen LogP contribution in [0.15, 0.2) is 176 Å². The van der Waals surface area contributed by atoms with Gasteiger partial charge in [-0.25, -0.2) is 4.39 Å². The van der Waals surface area contributed by atoms with Crippen molar-refractivity contribution in [2.24, 2.45) is 0 Å². The molecule has 0 spiro atoms. The van der Waals surface area contributed by atoms with Crippen LogP contribution in [-0.2, 0) is 0 Å². The summed E-state index contributed by atoms with van der Waals surface area (Å²) in [5, 5.41) is 15.3. The molecular weight excluding hydrogens is 620 g/mol. The minimum absolute atomic E-state index is 0.223. The number of benzene rings is 11. The third-order valence-electron chi connectivity index (χ3n) is 11.1. The Balaban J connectivity index is 0.909. The van der Waals surface area contributed by atoms with Gasteiger partial charge in [0.25, 0.3) is 0 Å². The first-order valence-corrected chi connectivity index (χ1v) is 17.5. The third-order valence-corrected chi connectivity index (χ3v) is 11.1. The van der Waals surface area contributed by atoms with Crippen molar-refractivity contribution in [1.82, 2.24) is 0 Å². The lowest BCUT2D eigenvalue weighted by Gasteiger charge is -2.15. The predicted molar refractivity (Wildman–Crippen MR) is 216 cm³/mol. The predicted octanol–water partition coefficient (Wildman–Crippen LogP) is 14.3. The Kier molecular flexibility index (Phi) is 5.94. The lowest BCUT2D eigenvalue weighted by Crippen LogP contribution is -1.89. The Bertz CT molecular complexity index is 3080. The summed E-state index contributed by atoms with van der Waals surface area (Å²) in [6.07, 6.45) is 0. The molecule has 0 N–H and O–H groups in total. The standard InChI is InChI=1S/C50H29F/c51-46-29-40(30-7-9-31(10-8-30)41-24-19-38-17-15-34-3-1-5-36-21-27-44(41)49(38)47(34)36)23-26-43(46)33-13-11-32(12-14-33)42-25-20-39-18-16-35-4-2-6-37-22-28-45(42)50(39)48(35)37/h1-29H. The first-order valence-electron chi connectivity index (χ1n) is 17.5. The minimum Gasteiger partial charge on any atom is -0.206 e. The monoisotopic (exact) mass is 648 g/mol. The Morgan fingerprint density at radius 2 is 0.588 bits per heavy atom. The van der Waals surface area contributed by atoms with Gasteiger partial charge in [-0.05, 0) is 110 Å². The van der Waals surface area contributed by atoms with E-state index in [0.29, 0.717) is 5.56 Å². The molecule has 0 saturated carbocycles. The average molecular weight is 649 g/mol. The highest BCUT2D eigenvalue weighted by atomic mass is 19.1. The van der Waals surface area contributed by atoms with Crippen LogP contribution in [0.25, 0.3) is 109 Å². The second-order valence-corrected chi connectivity index (χ2v) is 13.8. The Hall–Kier alpha value is -6.57. The van der Waals surface area contributed by atoms with Crippen LogP contribution < -0.4 is 0 Å². The highest BCUT2D eigenvalue weighted by molar-refractivity contribution is 6.26. The second kappa shape index (κ2) is 10.7. The molecule has 0 radical (unpaired) electrons. The molecule has 236 valence electrons. The molecule has 0 aromatic heterocycles. The van der Waals surface area contributed by atoms with Gasteiger partial charge in [0.15, 0.2) is 0 Å². The van der Waals surface area contributed by atoms with Crippen LogP contribution in [0.3, 0.4) is 0 Å². The van der Waals surface area contributed by atoms with Crippen LogP contribution in [0, 0.1) is 5.82 Å². The normalized spacial score (nSPS) is 12.0. The van der Waals surface area contributed by atoms with Crippen LogP contribution in [0.1, 0.15) is 0 Å². The molecule has 1 heteroatoms. The van der Waals surface area contributed by atoms with Crippen molar-refractivity contribution in [2.75, 3.05) is 0 Å². The maximum absolute atomic E-state index is 15.8. The summed E-state index contributed by atoms with van der Waals surface area (Å²) in [7, 11) is 0. The highest BCUT2D eigenvalue weighted by Crippen LogP contribution is 2.41. The maximum atomic E-state index is 15.8. The van der Waals surface area contributed by atoms with Crippen molar-refractivity contribution in [1.29, 1.82) is 0 Å².